The zero-order valence-electron chi connectivity index (χ0n) is 12.4. The summed E-state index contributed by atoms with van der Waals surface area (Å²) in [5.74, 6) is 0. The molecular formula is C14H19ClN2O3S. The number of thiophene rings is 1. The van der Waals surface area contributed by atoms with Crippen LogP contribution in [-0.4, -0.2) is 48.0 Å². The van der Waals surface area contributed by atoms with Gasteiger partial charge >= 0.3 is 6.09 Å². The average Bonchev–Trinajstić information content (AvgIpc) is 2.86. The molecule has 0 bridgehead atoms. The van der Waals surface area contributed by atoms with Gasteiger partial charge in [0.15, 0.2) is 0 Å². The number of hydrogen-bond donors (Lipinski definition) is 0. The van der Waals surface area contributed by atoms with Crippen LogP contribution >= 0.6 is 22.9 Å². The fourth-order valence-electron chi connectivity index (χ4n) is 2.04. The highest BCUT2D eigenvalue weighted by atomic mass is 35.5. The highest BCUT2D eigenvalue weighted by molar-refractivity contribution is 7.19. The third-order valence-electron chi connectivity index (χ3n) is 3.03. The summed E-state index contributed by atoms with van der Waals surface area (Å²) in [7, 11) is 0. The quantitative estimate of drug-likeness (QED) is 0.781. The van der Waals surface area contributed by atoms with Gasteiger partial charge in [-0.25, -0.2) is 4.79 Å². The Labute approximate surface area is 133 Å². The molecular weight excluding hydrogens is 312 g/mol. The monoisotopic (exact) mass is 330 g/mol. The van der Waals surface area contributed by atoms with Gasteiger partial charge in [-0.2, -0.15) is 0 Å². The smallest absolute Gasteiger partial charge is 0.410 e. The Morgan fingerprint density at radius 1 is 1.19 bits per heavy atom. The molecule has 2 heterocycles. The molecule has 1 saturated heterocycles. The number of amides is 1. The number of carbonyl (C=O) groups is 2. The number of carbonyl (C=O) groups excluding carboxylic acids is 2. The first kappa shape index (κ1) is 16.1. The van der Waals surface area contributed by atoms with Crippen molar-refractivity contribution in [2.24, 2.45) is 0 Å². The van der Waals surface area contributed by atoms with Gasteiger partial charge in [0.1, 0.15) is 5.60 Å². The summed E-state index contributed by atoms with van der Waals surface area (Å²) in [5, 5.41) is 0.571. The second-order valence-electron chi connectivity index (χ2n) is 5.87. The summed E-state index contributed by atoms with van der Waals surface area (Å²) in [6, 6.07) is 3.62. The molecule has 1 fully saturated rings. The molecule has 0 aliphatic carbocycles. The minimum Gasteiger partial charge on any atom is -0.444 e. The third kappa shape index (κ3) is 4.35. The van der Waals surface area contributed by atoms with E-state index < -0.39 is 10.8 Å². The Balaban J connectivity index is 1.90. The number of rotatable bonds is 2. The van der Waals surface area contributed by atoms with E-state index >= 15 is 0 Å². The Morgan fingerprint density at radius 3 is 2.29 bits per heavy atom. The molecule has 0 radical (unpaired) electrons. The molecule has 1 aliphatic rings. The minimum absolute atomic E-state index is 0.273. The van der Waals surface area contributed by atoms with E-state index in [-0.39, 0.29) is 6.09 Å². The highest BCUT2D eigenvalue weighted by Gasteiger charge is 2.26. The number of ether oxygens (including phenoxy) is 1. The lowest BCUT2D eigenvalue weighted by molar-refractivity contribution is 0.0241. The molecule has 116 valence electrons. The van der Waals surface area contributed by atoms with Gasteiger partial charge in [-0.1, -0.05) is 0 Å². The van der Waals surface area contributed by atoms with E-state index in [1.807, 2.05) is 26.8 Å². The van der Waals surface area contributed by atoms with Crippen LogP contribution in [-0.2, 0) is 4.74 Å². The first-order valence-corrected chi connectivity index (χ1v) is 7.98. The van der Waals surface area contributed by atoms with E-state index in [1.165, 1.54) is 11.3 Å². The number of halogens is 1. The molecule has 0 N–H and O–H groups in total. The molecule has 1 amide bonds. The van der Waals surface area contributed by atoms with Crippen molar-refractivity contribution in [2.45, 2.75) is 26.4 Å². The lowest BCUT2D eigenvalue weighted by atomic mass is 10.2. The molecule has 2 rings (SSSR count). The van der Waals surface area contributed by atoms with Crippen LogP contribution in [0.4, 0.5) is 9.80 Å². The molecule has 7 heteroatoms. The maximum atomic E-state index is 12.0. The Morgan fingerprint density at radius 2 is 1.81 bits per heavy atom. The maximum absolute atomic E-state index is 12.0. The van der Waals surface area contributed by atoms with Crippen molar-refractivity contribution in [1.29, 1.82) is 0 Å². The molecule has 0 saturated carbocycles. The van der Waals surface area contributed by atoms with Crippen LogP contribution in [0.3, 0.4) is 0 Å². The second kappa shape index (κ2) is 6.23. The zero-order chi connectivity index (χ0) is 15.6. The maximum Gasteiger partial charge on any atom is 0.410 e. The van der Waals surface area contributed by atoms with Crippen molar-refractivity contribution in [3.05, 3.63) is 17.0 Å². The Kier molecular flexibility index (Phi) is 4.78. The van der Waals surface area contributed by atoms with Crippen LogP contribution < -0.4 is 4.90 Å². The average molecular weight is 331 g/mol. The van der Waals surface area contributed by atoms with Crippen LogP contribution in [0.25, 0.3) is 0 Å². The molecule has 1 aromatic heterocycles. The van der Waals surface area contributed by atoms with E-state index in [1.54, 1.807) is 11.0 Å². The van der Waals surface area contributed by atoms with Crippen molar-refractivity contribution in [3.63, 3.8) is 0 Å². The first-order chi connectivity index (χ1) is 9.76. The molecule has 1 aromatic rings. The van der Waals surface area contributed by atoms with Crippen molar-refractivity contribution < 1.29 is 14.3 Å². The van der Waals surface area contributed by atoms with E-state index in [0.717, 1.165) is 18.1 Å². The van der Waals surface area contributed by atoms with E-state index in [0.29, 0.717) is 18.0 Å². The molecule has 0 atom stereocenters. The summed E-state index contributed by atoms with van der Waals surface area (Å²) in [5.41, 5.74) is -0.475. The number of hydrogen-bond acceptors (Lipinski definition) is 5. The van der Waals surface area contributed by atoms with Crippen LogP contribution in [0.1, 0.15) is 30.4 Å². The van der Waals surface area contributed by atoms with E-state index in [9.17, 15) is 9.59 Å². The SMILES string of the molecule is CC(C)(C)OC(=O)N1CCN(c2ccc(C(=O)Cl)s2)CC1. The molecule has 5 nitrogen and oxygen atoms in total. The van der Waals surface area contributed by atoms with Crippen LogP contribution in [0.15, 0.2) is 12.1 Å². The predicted molar refractivity (Wildman–Crippen MR) is 84.5 cm³/mol. The van der Waals surface area contributed by atoms with Crippen molar-refractivity contribution >= 4 is 39.3 Å². The van der Waals surface area contributed by atoms with Gasteiger partial charge in [-0.15, -0.1) is 11.3 Å². The van der Waals surface area contributed by atoms with Gasteiger partial charge in [-0.05, 0) is 44.5 Å². The third-order valence-corrected chi connectivity index (χ3v) is 4.49. The van der Waals surface area contributed by atoms with Crippen molar-refractivity contribution in [3.8, 4) is 0 Å². The predicted octanol–water partition coefficient (Wildman–Crippen LogP) is 3.18. The topological polar surface area (TPSA) is 49.9 Å². The number of anilines is 1. The Hall–Kier alpha value is -1.27. The molecule has 0 unspecified atom stereocenters. The second-order valence-corrected chi connectivity index (χ2v) is 7.27. The first-order valence-electron chi connectivity index (χ1n) is 6.79. The van der Waals surface area contributed by atoms with Crippen molar-refractivity contribution in [2.75, 3.05) is 31.1 Å². The van der Waals surface area contributed by atoms with Gasteiger partial charge in [0.2, 0.25) is 0 Å². The molecule has 21 heavy (non-hydrogen) atoms. The summed E-state index contributed by atoms with van der Waals surface area (Å²) >= 11 is 6.84. The number of nitrogens with zero attached hydrogens (tertiary/aromatic N) is 2. The highest BCUT2D eigenvalue weighted by Crippen LogP contribution is 2.28. The normalized spacial score (nSPS) is 16.0. The van der Waals surface area contributed by atoms with E-state index in [4.69, 9.17) is 16.3 Å². The fraction of sp³-hybridized carbons (Fsp3) is 0.571. The minimum atomic E-state index is -0.475. The van der Waals surface area contributed by atoms with Gasteiger partial charge < -0.3 is 14.5 Å². The van der Waals surface area contributed by atoms with Crippen LogP contribution in [0.2, 0.25) is 0 Å². The largest absolute Gasteiger partial charge is 0.444 e. The summed E-state index contributed by atoms with van der Waals surface area (Å²) in [6.45, 7) is 8.23. The lowest BCUT2D eigenvalue weighted by Crippen LogP contribution is -2.49. The number of piperazine rings is 1. The van der Waals surface area contributed by atoms with Gasteiger partial charge in [0.05, 0.1) is 9.88 Å². The van der Waals surface area contributed by atoms with Crippen LogP contribution in [0.5, 0.6) is 0 Å². The summed E-state index contributed by atoms with van der Waals surface area (Å²) < 4.78 is 5.36. The van der Waals surface area contributed by atoms with Gasteiger partial charge in [-0.3, -0.25) is 4.79 Å². The van der Waals surface area contributed by atoms with Crippen molar-refractivity contribution in [1.82, 2.24) is 4.90 Å². The zero-order valence-corrected chi connectivity index (χ0v) is 14.0. The molecule has 0 spiro atoms. The van der Waals surface area contributed by atoms with E-state index in [2.05, 4.69) is 4.90 Å². The van der Waals surface area contributed by atoms with Crippen LogP contribution in [0, 0.1) is 0 Å². The Bertz CT molecular complexity index is 531. The molecule has 0 aromatic carbocycles. The van der Waals surface area contributed by atoms with Gasteiger partial charge in [0, 0.05) is 26.2 Å². The standard InChI is InChI=1S/C14H19ClN2O3S/c1-14(2,3)20-13(19)17-8-6-16(7-9-17)11-5-4-10(21-11)12(15)18/h4-5H,6-9H2,1-3H3. The summed E-state index contributed by atoms with van der Waals surface area (Å²) in [6.07, 6.45) is -0.273. The fourth-order valence-corrected chi connectivity index (χ4v) is 3.11. The summed E-state index contributed by atoms with van der Waals surface area (Å²) in [4.78, 5) is 27.5. The lowest BCUT2D eigenvalue weighted by Gasteiger charge is -2.36. The molecule has 1 aliphatic heterocycles. The van der Waals surface area contributed by atoms with Gasteiger partial charge in [0.25, 0.3) is 5.24 Å².